The Balaban J connectivity index is 2.56. The number of nitrogens with zero attached hydrogens (tertiary/aromatic N) is 1. The van der Waals surface area contributed by atoms with Crippen LogP contribution in [0.4, 0.5) is 0 Å². The zero-order valence-corrected chi connectivity index (χ0v) is 6.01. The molecular weight excluding hydrogens is 207 g/mol. The van der Waals surface area contributed by atoms with Crippen LogP contribution in [0, 0.1) is 4.91 Å². The van der Waals surface area contributed by atoms with E-state index in [0.717, 1.165) is 13.0 Å². The van der Waals surface area contributed by atoms with Crippen molar-refractivity contribution < 1.29 is 0 Å². The van der Waals surface area contributed by atoms with Crippen molar-refractivity contribution in [1.82, 2.24) is 3.53 Å². The van der Waals surface area contributed by atoms with Crippen LogP contribution in [-0.2, 0) is 0 Å². The third-order valence-corrected chi connectivity index (χ3v) is 1.06. The second-order valence-corrected chi connectivity index (χ2v) is 1.85. The number of hydrogen-bond donors (Lipinski definition) is 1. The minimum atomic E-state index is 0.427. The Hall–Kier alpha value is 0.290. The molecule has 7 heavy (non-hydrogen) atoms. The summed E-state index contributed by atoms with van der Waals surface area (Å²) in [5.41, 5.74) is 0. The highest BCUT2D eigenvalue weighted by Crippen LogP contribution is 1.78. The van der Waals surface area contributed by atoms with Crippen LogP contribution in [-0.4, -0.2) is 13.1 Å². The first-order chi connectivity index (χ1) is 3.41. The summed E-state index contributed by atoms with van der Waals surface area (Å²) in [6.07, 6.45) is 0.840. The molecule has 0 saturated heterocycles. The molecule has 0 amide bonds. The molecule has 0 aliphatic rings. The molecule has 0 spiro atoms. The summed E-state index contributed by atoms with van der Waals surface area (Å²) in [5.74, 6) is 0. The first kappa shape index (κ1) is 7.29. The van der Waals surface area contributed by atoms with Crippen LogP contribution >= 0.6 is 22.9 Å². The maximum Gasteiger partial charge on any atom is 0.0823 e. The number of halogens is 1. The van der Waals surface area contributed by atoms with E-state index >= 15 is 0 Å². The molecule has 0 aromatic carbocycles. The molecule has 1 N–H and O–H groups in total. The van der Waals surface area contributed by atoms with E-state index in [1.165, 1.54) is 0 Å². The van der Waals surface area contributed by atoms with Gasteiger partial charge in [0.2, 0.25) is 0 Å². The van der Waals surface area contributed by atoms with Gasteiger partial charge in [0.25, 0.3) is 0 Å². The topological polar surface area (TPSA) is 41.5 Å². The molecule has 4 heteroatoms. The van der Waals surface area contributed by atoms with Gasteiger partial charge in [-0.1, -0.05) is 5.18 Å². The monoisotopic (exact) mass is 214 g/mol. The van der Waals surface area contributed by atoms with Crippen molar-refractivity contribution in [3.63, 3.8) is 0 Å². The molecule has 0 atom stereocenters. The Labute approximate surface area is 56.3 Å². The van der Waals surface area contributed by atoms with Gasteiger partial charge in [-0.25, -0.2) is 0 Å². The molecule has 0 aliphatic heterocycles. The molecule has 0 saturated carbocycles. The summed E-state index contributed by atoms with van der Waals surface area (Å²) in [4.78, 5) is 9.40. The van der Waals surface area contributed by atoms with Crippen LogP contribution < -0.4 is 3.53 Å². The van der Waals surface area contributed by atoms with Crippen LogP contribution in [0.5, 0.6) is 0 Å². The summed E-state index contributed by atoms with van der Waals surface area (Å²) < 4.78 is 2.87. The van der Waals surface area contributed by atoms with E-state index in [4.69, 9.17) is 0 Å². The summed E-state index contributed by atoms with van der Waals surface area (Å²) >= 11 is 2.03. The summed E-state index contributed by atoms with van der Waals surface area (Å²) in [7, 11) is 0. The molecule has 0 aliphatic carbocycles. The molecule has 0 aromatic rings. The van der Waals surface area contributed by atoms with Gasteiger partial charge in [0, 0.05) is 29.4 Å². The van der Waals surface area contributed by atoms with Crippen molar-refractivity contribution in [2.24, 2.45) is 5.18 Å². The summed E-state index contributed by atoms with van der Waals surface area (Å²) in [6, 6.07) is 0. The minimum absolute atomic E-state index is 0.427. The van der Waals surface area contributed by atoms with E-state index in [2.05, 4.69) is 8.71 Å². The first-order valence-electron chi connectivity index (χ1n) is 2.04. The van der Waals surface area contributed by atoms with Gasteiger partial charge in [-0.2, -0.15) is 4.91 Å². The molecule has 0 heterocycles. The lowest BCUT2D eigenvalue weighted by Crippen LogP contribution is -2.00. The van der Waals surface area contributed by atoms with Gasteiger partial charge in [0.1, 0.15) is 0 Å². The molecule has 0 fully saturated rings. The Morgan fingerprint density at radius 3 is 2.86 bits per heavy atom. The smallest absolute Gasteiger partial charge is 0.0823 e. The predicted octanol–water partition coefficient (Wildman–Crippen LogP) is 1.08. The summed E-state index contributed by atoms with van der Waals surface area (Å²) in [6.45, 7) is 1.29. The molecule has 0 unspecified atom stereocenters. The third-order valence-electron chi connectivity index (χ3n) is 0.521. The second kappa shape index (κ2) is 6.29. The van der Waals surface area contributed by atoms with E-state index in [0.29, 0.717) is 6.54 Å². The van der Waals surface area contributed by atoms with Crippen LogP contribution in [0.1, 0.15) is 6.42 Å². The first-order valence-corrected chi connectivity index (χ1v) is 3.12. The fourth-order valence-corrected chi connectivity index (χ4v) is 0.592. The average Bonchev–Trinajstić information content (AvgIpc) is 1.69. The Kier molecular flexibility index (Phi) is 6.55. The van der Waals surface area contributed by atoms with Crippen molar-refractivity contribution in [1.29, 1.82) is 0 Å². The zero-order chi connectivity index (χ0) is 5.54. The molecule has 0 rings (SSSR count). The second-order valence-electron chi connectivity index (χ2n) is 1.09. The van der Waals surface area contributed by atoms with Gasteiger partial charge in [0.15, 0.2) is 0 Å². The highest BCUT2D eigenvalue weighted by Gasteiger charge is 1.80. The number of nitroso groups, excluding NO2 is 1. The number of hydrogen-bond acceptors (Lipinski definition) is 3. The minimum Gasteiger partial charge on any atom is -0.261 e. The Morgan fingerprint density at radius 1 is 1.71 bits per heavy atom. The van der Waals surface area contributed by atoms with Crippen molar-refractivity contribution in [2.45, 2.75) is 6.42 Å². The van der Waals surface area contributed by atoms with E-state index in [-0.39, 0.29) is 0 Å². The molecule has 42 valence electrons. The lowest BCUT2D eigenvalue weighted by molar-refractivity contribution is 0.820. The Bertz CT molecular complexity index is 50.2. The number of nitrogens with one attached hydrogen (secondary N) is 1. The highest BCUT2D eigenvalue weighted by atomic mass is 127. The van der Waals surface area contributed by atoms with Gasteiger partial charge in [-0.05, 0) is 6.42 Å². The largest absolute Gasteiger partial charge is 0.261 e. The SMILES string of the molecule is O=NCCCNI. The van der Waals surface area contributed by atoms with Crippen LogP contribution in [0.3, 0.4) is 0 Å². The van der Waals surface area contributed by atoms with Gasteiger partial charge >= 0.3 is 0 Å². The maximum absolute atomic E-state index is 9.40. The van der Waals surface area contributed by atoms with Gasteiger partial charge in [0.05, 0.1) is 6.54 Å². The average molecular weight is 214 g/mol. The summed E-state index contributed by atoms with van der Waals surface area (Å²) in [5, 5.41) is 2.68. The van der Waals surface area contributed by atoms with Crippen LogP contribution in [0.15, 0.2) is 5.18 Å². The van der Waals surface area contributed by atoms with Crippen molar-refractivity contribution in [3.05, 3.63) is 4.91 Å². The van der Waals surface area contributed by atoms with Crippen molar-refractivity contribution in [3.8, 4) is 0 Å². The fourth-order valence-electron chi connectivity index (χ4n) is 0.210. The molecular formula is C3H7IN2O. The van der Waals surface area contributed by atoms with Crippen LogP contribution in [0.25, 0.3) is 0 Å². The predicted molar refractivity (Wildman–Crippen MR) is 37.3 cm³/mol. The van der Waals surface area contributed by atoms with E-state index in [1.807, 2.05) is 22.9 Å². The van der Waals surface area contributed by atoms with Crippen molar-refractivity contribution in [2.75, 3.05) is 13.1 Å². The lowest BCUT2D eigenvalue weighted by atomic mass is 10.4. The van der Waals surface area contributed by atoms with E-state index in [9.17, 15) is 4.91 Å². The number of rotatable bonds is 4. The quantitative estimate of drug-likeness (QED) is 0.329. The third kappa shape index (κ3) is 6.29. The molecule has 0 radical (unpaired) electrons. The van der Waals surface area contributed by atoms with Gasteiger partial charge in [-0.3, -0.25) is 3.53 Å². The molecule has 3 nitrogen and oxygen atoms in total. The molecule has 0 aromatic heterocycles. The van der Waals surface area contributed by atoms with Crippen LogP contribution in [0.2, 0.25) is 0 Å². The van der Waals surface area contributed by atoms with E-state index in [1.54, 1.807) is 0 Å². The fraction of sp³-hybridized carbons (Fsp3) is 1.00. The lowest BCUT2D eigenvalue weighted by Gasteiger charge is -1.86. The normalized spacial score (nSPS) is 8.71. The molecule has 0 bridgehead atoms. The highest BCUT2D eigenvalue weighted by molar-refractivity contribution is 14.1. The Morgan fingerprint density at radius 2 is 2.43 bits per heavy atom. The zero-order valence-electron chi connectivity index (χ0n) is 3.85. The standard InChI is InChI=1S/C3H7IN2O/c4-5-2-1-3-6-7/h5H,1-3H2. The van der Waals surface area contributed by atoms with Gasteiger partial charge in [-0.15, -0.1) is 0 Å². The van der Waals surface area contributed by atoms with Gasteiger partial charge < -0.3 is 0 Å². The van der Waals surface area contributed by atoms with E-state index < -0.39 is 0 Å². The maximum atomic E-state index is 9.40. The van der Waals surface area contributed by atoms with Crippen molar-refractivity contribution >= 4 is 22.9 Å².